The lowest BCUT2D eigenvalue weighted by atomic mass is 9.54. The average molecular weight is 427 g/mol. The summed E-state index contributed by atoms with van der Waals surface area (Å²) in [6.45, 7) is 0. The van der Waals surface area contributed by atoms with Crippen molar-refractivity contribution in [2.24, 2.45) is 17.8 Å². The van der Waals surface area contributed by atoms with E-state index in [2.05, 4.69) is 5.32 Å². The van der Waals surface area contributed by atoms with Gasteiger partial charge in [-0.3, -0.25) is 10.1 Å². The van der Waals surface area contributed by atoms with Gasteiger partial charge in [0.1, 0.15) is 17.2 Å². The molecule has 2 aromatic carbocycles. The molecule has 5 nitrogen and oxygen atoms in total. The van der Waals surface area contributed by atoms with E-state index in [1.165, 1.54) is 25.3 Å². The molecule has 4 saturated carbocycles. The molecule has 2 aromatic rings. The fraction of sp³-hybridized carbons (Fsp3) is 0.370. The van der Waals surface area contributed by atoms with Crippen molar-refractivity contribution in [1.29, 1.82) is 5.26 Å². The van der Waals surface area contributed by atoms with Crippen LogP contribution in [0.4, 0.5) is 4.79 Å². The highest BCUT2D eigenvalue weighted by atomic mass is 16.6. The van der Waals surface area contributed by atoms with Gasteiger partial charge < -0.3 is 4.74 Å². The first-order chi connectivity index (χ1) is 15.5. The van der Waals surface area contributed by atoms with Crippen LogP contribution in [0.15, 0.2) is 60.2 Å². The number of imide groups is 1. The Hall–Kier alpha value is -3.39. The standard InChI is InChI=1S/C27H26N2O3/c28-17-24(13-18-6-8-23(9-7-18)22-4-2-1-3-5-22)25(30)29-26(31)32-27-14-19-10-20(15-27)12-21(11-19)16-27/h1-9,13,19-21H,10-12,14-16H2,(H,29,30,31)/b24-13+. The number of amides is 2. The van der Waals surface area contributed by atoms with Gasteiger partial charge in [0, 0.05) is 0 Å². The van der Waals surface area contributed by atoms with E-state index in [4.69, 9.17) is 4.74 Å². The summed E-state index contributed by atoms with van der Waals surface area (Å²) in [5, 5.41) is 11.7. The SMILES string of the molecule is N#C/C(=C\c1ccc(-c2ccccc2)cc1)C(=O)NC(=O)OC12CC3CC(CC(C3)C1)C2. The van der Waals surface area contributed by atoms with Crippen LogP contribution in [0.1, 0.15) is 44.1 Å². The molecule has 6 rings (SSSR count). The molecule has 4 bridgehead atoms. The van der Waals surface area contributed by atoms with Crippen LogP contribution in [0, 0.1) is 29.1 Å². The first kappa shape index (κ1) is 20.5. The molecule has 5 heteroatoms. The maximum absolute atomic E-state index is 12.6. The Morgan fingerprint density at radius 3 is 2.03 bits per heavy atom. The number of nitriles is 1. The number of carbonyl (C=O) groups is 2. The summed E-state index contributed by atoms with van der Waals surface area (Å²) in [5.41, 5.74) is 2.30. The van der Waals surface area contributed by atoms with Crippen molar-refractivity contribution in [2.45, 2.75) is 44.1 Å². The molecule has 162 valence electrons. The molecule has 2 amide bonds. The molecular weight excluding hydrogens is 400 g/mol. The number of ether oxygens (including phenoxy) is 1. The van der Waals surface area contributed by atoms with Crippen molar-refractivity contribution in [3.8, 4) is 17.2 Å². The van der Waals surface area contributed by atoms with Gasteiger partial charge in [-0.2, -0.15) is 5.26 Å². The van der Waals surface area contributed by atoms with Gasteiger partial charge in [0.2, 0.25) is 0 Å². The first-order valence-corrected chi connectivity index (χ1v) is 11.3. The molecule has 0 saturated heterocycles. The molecule has 0 unspecified atom stereocenters. The Morgan fingerprint density at radius 1 is 0.906 bits per heavy atom. The molecule has 0 spiro atoms. The number of hydrogen-bond donors (Lipinski definition) is 1. The van der Waals surface area contributed by atoms with E-state index < -0.39 is 17.6 Å². The van der Waals surface area contributed by atoms with Gasteiger partial charge in [-0.05, 0) is 79.0 Å². The van der Waals surface area contributed by atoms with E-state index in [9.17, 15) is 14.9 Å². The second kappa shape index (κ2) is 8.27. The fourth-order valence-electron chi connectivity index (χ4n) is 6.26. The zero-order chi connectivity index (χ0) is 22.1. The zero-order valence-electron chi connectivity index (χ0n) is 17.9. The number of hydrogen-bond acceptors (Lipinski definition) is 4. The minimum Gasteiger partial charge on any atom is -0.443 e. The van der Waals surface area contributed by atoms with E-state index in [0.29, 0.717) is 23.3 Å². The molecule has 4 aliphatic rings. The molecule has 4 aliphatic carbocycles. The predicted octanol–water partition coefficient (Wildman–Crippen LogP) is 5.48. The quantitative estimate of drug-likeness (QED) is 0.518. The van der Waals surface area contributed by atoms with Crippen molar-refractivity contribution >= 4 is 18.1 Å². The van der Waals surface area contributed by atoms with Gasteiger partial charge in [0.25, 0.3) is 5.91 Å². The van der Waals surface area contributed by atoms with Gasteiger partial charge in [0.15, 0.2) is 0 Å². The first-order valence-electron chi connectivity index (χ1n) is 11.3. The summed E-state index contributed by atoms with van der Waals surface area (Å²) in [5.74, 6) is 1.18. The summed E-state index contributed by atoms with van der Waals surface area (Å²) in [6, 6.07) is 19.4. The van der Waals surface area contributed by atoms with Gasteiger partial charge in [-0.25, -0.2) is 4.79 Å². The number of alkyl carbamates (subject to hydrolysis) is 1. The normalized spacial score (nSPS) is 28.1. The largest absolute Gasteiger partial charge is 0.443 e. The second-order valence-corrected chi connectivity index (χ2v) is 9.60. The Balaban J connectivity index is 1.24. The third-order valence-corrected chi connectivity index (χ3v) is 7.20. The fourth-order valence-corrected chi connectivity index (χ4v) is 6.26. The summed E-state index contributed by atoms with van der Waals surface area (Å²) in [7, 11) is 0. The monoisotopic (exact) mass is 426 g/mol. The van der Waals surface area contributed by atoms with Crippen LogP contribution in [-0.4, -0.2) is 17.6 Å². The van der Waals surface area contributed by atoms with E-state index >= 15 is 0 Å². The number of nitrogens with zero attached hydrogens (tertiary/aromatic N) is 1. The van der Waals surface area contributed by atoms with Crippen molar-refractivity contribution in [1.82, 2.24) is 5.32 Å². The predicted molar refractivity (Wildman–Crippen MR) is 121 cm³/mol. The third kappa shape index (κ3) is 4.18. The van der Waals surface area contributed by atoms with Gasteiger partial charge >= 0.3 is 6.09 Å². The highest BCUT2D eigenvalue weighted by Crippen LogP contribution is 2.57. The minimum atomic E-state index is -0.738. The number of rotatable bonds is 4. The van der Waals surface area contributed by atoms with Gasteiger partial charge in [-0.15, -0.1) is 0 Å². The molecule has 0 radical (unpaired) electrons. The highest BCUT2D eigenvalue weighted by molar-refractivity contribution is 6.08. The van der Waals surface area contributed by atoms with Crippen LogP contribution in [0.2, 0.25) is 0 Å². The summed E-state index contributed by atoms with van der Waals surface area (Å²) < 4.78 is 5.82. The van der Waals surface area contributed by atoms with Crippen molar-refractivity contribution in [2.75, 3.05) is 0 Å². The Morgan fingerprint density at radius 2 is 1.47 bits per heavy atom. The lowest BCUT2D eigenvalue weighted by Gasteiger charge is -2.55. The number of carbonyl (C=O) groups excluding carboxylic acids is 2. The number of nitrogens with one attached hydrogen (secondary N) is 1. The number of benzene rings is 2. The van der Waals surface area contributed by atoms with Gasteiger partial charge in [-0.1, -0.05) is 54.6 Å². The topological polar surface area (TPSA) is 79.2 Å². The lowest BCUT2D eigenvalue weighted by Crippen LogP contribution is -2.54. The van der Waals surface area contributed by atoms with Crippen LogP contribution in [0.25, 0.3) is 17.2 Å². The van der Waals surface area contributed by atoms with E-state index in [0.717, 1.165) is 30.4 Å². The second-order valence-electron chi connectivity index (χ2n) is 9.60. The maximum atomic E-state index is 12.6. The summed E-state index contributed by atoms with van der Waals surface area (Å²) in [6.07, 6.45) is 7.17. The minimum absolute atomic E-state index is 0.125. The Labute approximate surface area is 188 Å². The van der Waals surface area contributed by atoms with E-state index in [1.807, 2.05) is 60.7 Å². The van der Waals surface area contributed by atoms with E-state index in [1.54, 1.807) is 0 Å². The van der Waals surface area contributed by atoms with Crippen LogP contribution < -0.4 is 5.32 Å². The van der Waals surface area contributed by atoms with E-state index in [-0.39, 0.29) is 5.57 Å². The molecule has 1 N–H and O–H groups in total. The molecule has 4 fully saturated rings. The molecule has 0 heterocycles. The average Bonchev–Trinajstić information content (AvgIpc) is 2.77. The maximum Gasteiger partial charge on any atom is 0.414 e. The molecular formula is C27H26N2O3. The van der Waals surface area contributed by atoms with Crippen molar-refractivity contribution < 1.29 is 14.3 Å². The molecule has 0 aromatic heterocycles. The smallest absolute Gasteiger partial charge is 0.414 e. The van der Waals surface area contributed by atoms with Crippen LogP contribution in [0.5, 0.6) is 0 Å². The Bertz CT molecular complexity index is 1060. The van der Waals surface area contributed by atoms with Crippen molar-refractivity contribution in [3.63, 3.8) is 0 Å². The molecule has 0 atom stereocenters. The molecule has 32 heavy (non-hydrogen) atoms. The van der Waals surface area contributed by atoms with Crippen LogP contribution >= 0.6 is 0 Å². The molecule has 0 aliphatic heterocycles. The Kier molecular flexibility index (Phi) is 5.30. The summed E-state index contributed by atoms with van der Waals surface area (Å²) >= 11 is 0. The summed E-state index contributed by atoms with van der Waals surface area (Å²) in [4.78, 5) is 25.1. The van der Waals surface area contributed by atoms with Crippen LogP contribution in [0.3, 0.4) is 0 Å². The van der Waals surface area contributed by atoms with Gasteiger partial charge in [0.05, 0.1) is 0 Å². The van der Waals surface area contributed by atoms with Crippen molar-refractivity contribution in [3.05, 3.63) is 65.7 Å². The highest BCUT2D eigenvalue weighted by Gasteiger charge is 2.53. The third-order valence-electron chi connectivity index (χ3n) is 7.20. The zero-order valence-corrected chi connectivity index (χ0v) is 17.9. The lowest BCUT2D eigenvalue weighted by molar-refractivity contribution is -0.130. The van der Waals surface area contributed by atoms with Crippen LogP contribution in [-0.2, 0) is 9.53 Å².